The van der Waals surface area contributed by atoms with E-state index in [2.05, 4.69) is 19.2 Å². The first-order valence-corrected chi connectivity index (χ1v) is 6.53. The van der Waals surface area contributed by atoms with Crippen molar-refractivity contribution < 1.29 is 9.59 Å². The lowest BCUT2D eigenvalue weighted by molar-refractivity contribution is -0.119. The van der Waals surface area contributed by atoms with Gasteiger partial charge in [0.15, 0.2) is 0 Å². The lowest BCUT2D eigenvalue weighted by Gasteiger charge is -2.10. The molecular weight excluding hydrogens is 210 g/mol. The van der Waals surface area contributed by atoms with E-state index >= 15 is 0 Å². The third kappa shape index (κ3) is 4.24. The van der Waals surface area contributed by atoms with Gasteiger partial charge in [0.05, 0.1) is 5.25 Å². The lowest BCUT2D eigenvalue weighted by Crippen LogP contribution is -2.24. The quantitative estimate of drug-likeness (QED) is 0.761. The molecule has 0 radical (unpaired) electrons. The summed E-state index contributed by atoms with van der Waals surface area (Å²) in [5.74, 6) is 0.633. The largest absolute Gasteiger partial charge is 0.286 e. The first-order chi connectivity index (χ1) is 7.13. The van der Waals surface area contributed by atoms with Crippen LogP contribution in [0.3, 0.4) is 0 Å². The smallest absolute Gasteiger partial charge is 0.286 e. The second-order valence-corrected chi connectivity index (χ2v) is 5.38. The molecule has 0 spiro atoms. The Hall–Kier alpha value is -0.510. The predicted molar refractivity (Wildman–Crippen MR) is 62.8 cm³/mol. The molecule has 1 N–H and O–H groups in total. The Morgan fingerprint density at radius 3 is 2.67 bits per heavy atom. The molecule has 1 fully saturated rings. The zero-order valence-electron chi connectivity index (χ0n) is 9.41. The normalized spacial score (nSPS) is 22.9. The van der Waals surface area contributed by atoms with Crippen molar-refractivity contribution in [1.29, 1.82) is 0 Å². The van der Waals surface area contributed by atoms with Gasteiger partial charge in [-0.3, -0.25) is 14.9 Å². The molecule has 15 heavy (non-hydrogen) atoms. The predicted octanol–water partition coefficient (Wildman–Crippen LogP) is 2.94. The monoisotopic (exact) mass is 229 g/mol. The number of carbonyl (C=O) groups is 2. The van der Waals surface area contributed by atoms with Crippen LogP contribution in [0.1, 0.15) is 46.0 Å². The molecule has 1 rings (SSSR count). The highest BCUT2D eigenvalue weighted by Crippen LogP contribution is 2.25. The molecule has 4 heteroatoms. The molecule has 2 unspecified atom stereocenters. The molecule has 0 aromatic rings. The Labute approximate surface area is 95.4 Å². The van der Waals surface area contributed by atoms with Gasteiger partial charge < -0.3 is 0 Å². The SMILES string of the molecule is CCCC(C)CCCC1SC(=O)NC1=O. The molecule has 2 amide bonds. The van der Waals surface area contributed by atoms with Crippen molar-refractivity contribution in [2.75, 3.05) is 0 Å². The maximum absolute atomic E-state index is 11.2. The molecule has 1 aliphatic heterocycles. The minimum atomic E-state index is -0.188. The number of nitrogens with one attached hydrogen (secondary N) is 1. The van der Waals surface area contributed by atoms with Crippen molar-refractivity contribution in [2.45, 2.75) is 51.2 Å². The summed E-state index contributed by atoms with van der Waals surface area (Å²) in [5.41, 5.74) is 0. The number of hydrogen-bond donors (Lipinski definition) is 1. The van der Waals surface area contributed by atoms with E-state index in [9.17, 15) is 9.59 Å². The first kappa shape index (κ1) is 12.6. The van der Waals surface area contributed by atoms with Crippen LogP contribution in [0.5, 0.6) is 0 Å². The van der Waals surface area contributed by atoms with Gasteiger partial charge in [-0.05, 0) is 12.3 Å². The highest BCUT2D eigenvalue weighted by molar-refractivity contribution is 8.15. The number of thioether (sulfide) groups is 1. The van der Waals surface area contributed by atoms with Crippen molar-refractivity contribution in [3.63, 3.8) is 0 Å². The fourth-order valence-electron chi connectivity index (χ4n) is 1.87. The van der Waals surface area contributed by atoms with Crippen LogP contribution < -0.4 is 5.32 Å². The first-order valence-electron chi connectivity index (χ1n) is 5.65. The second kappa shape index (κ2) is 6.16. The third-order valence-corrected chi connectivity index (χ3v) is 3.76. The number of rotatable bonds is 6. The highest BCUT2D eigenvalue weighted by atomic mass is 32.2. The molecule has 1 aliphatic rings. The van der Waals surface area contributed by atoms with Crippen LogP contribution in [0.4, 0.5) is 4.79 Å². The van der Waals surface area contributed by atoms with E-state index < -0.39 is 0 Å². The number of imide groups is 1. The molecule has 1 heterocycles. The van der Waals surface area contributed by atoms with Crippen LogP contribution in [-0.4, -0.2) is 16.4 Å². The summed E-state index contributed by atoms with van der Waals surface area (Å²) in [7, 11) is 0. The zero-order chi connectivity index (χ0) is 11.3. The maximum Gasteiger partial charge on any atom is 0.286 e. The van der Waals surface area contributed by atoms with Gasteiger partial charge in [0.1, 0.15) is 0 Å². The van der Waals surface area contributed by atoms with E-state index in [-0.39, 0.29) is 16.4 Å². The Balaban J connectivity index is 2.15. The molecule has 3 nitrogen and oxygen atoms in total. The van der Waals surface area contributed by atoms with Gasteiger partial charge in [-0.1, -0.05) is 51.3 Å². The second-order valence-electron chi connectivity index (χ2n) is 4.21. The average Bonchev–Trinajstić information content (AvgIpc) is 2.46. The van der Waals surface area contributed by atoms with Gasteiger partial charge in [-0.25, -0.2) is 0 Å². The molecule has 2 atom stereocenters. The van der Waals surface area contributed by atoms with Crippen LogP contribution in [0.15, 0.2) is 0 Å². The summed E-state index contributed by atoms with van der Waals surface area (Å²) in [6, 6.07) is 0. The Morgan fingerprint density at radius 2 is 2.13 bits per heavy atom. The van der Waals surface area contributed by atoms with E-state index in [1.165, 1.54) is 12.8 Å². The Kier molecular flexibility index (Phi) is 5.15. The highest BCUT2D eigenvalue weighted by Gasteiger charge is 2.30. The van der Waals surface area contributed by atoms with Gasteiger partial charge in [0, 0.05) is 0 Å². The van der Waals surface area contributed by atoms with Gasteiger partial charge in [-0.15, -0.1) is 0 Å². The summed E-state index contributed by atoms with van der Waals surface area (Å²) in [5, 5.41) is 1.99. The Morgan fingerprint density at radius 1 is 1.40 bits per heavy atom. The molecular formula is C11H19NO2S. The summed E-state index contributed by atoms with van der Waals surface area (Å²) in [6.07, 6.45) is 5.50. The fraction of sp³-hybridized carbons (Fsp3) is 0.818. The van der Waals surface area contributed by atoms with Crippen LogP contribution >= 0.6 is 11.8 Å². The molecule has 0 saturated carbocycles. The van der Waals surface area contributed by atoms with Gasteiger partial charge >= 0.3 is 0 Å². The summed E-state index contributed by atoms with van der Waals surface area (Å²) in [6.45, 7) is 4.44. The third-order valence-electron chi connectivity index (χ3n) is 2.71. The molecule has 0 aromatic carbocycles. The average molecular weight is 229 g/mol. The number of amides is 2. The summed E-state index contributed by atoms with van der Waals surface area (Å²) >= 11 is 1.14. The van der Waals surface area contributed by atoms with E-state index in [0.29, 0.717) is 0 Å². The van der Waals surface area contributed by atoms with Crippen molar-refractivity contribution in [1.82, 2.24) is 5.32 Å². The lowest BCUT2D eigenvalue weighted by atomic mass is 9.98. The van der Waals surface area contributed by atoms with Crippen LogP contribution in [0.25, 0.3) is 0 Å². The maximum atomic E-state index is 11.2. The molecule has 86 valence electrons. The van der Waals surface area contributed by atoms with E-state index in [1.807, 2.05) is 0 Å². The van der Waals surface area contributed by atoms with E-state index in [4.69, 9.17) is 0 Å². The van der Waals surface area contributed by atoms with Crippen LogP contribution in [-0.2, 0) is 4.79 Å². The molecule has 0 bridgehead atoms. The van der Waals surface area contributed by atoms with Crippen molar-refractivity contribution in [2.24, 2.45) is 5.92 Å². The number of carbonyl (C=O) groups excluding carboxylic acids is 2. The fourth-order valence-corrected chi connectivity index (χ4v) is 2.74. The minimum absolute atomic E-state index is 0.104. The van der Waals surface area contributed by atoms with Gasteiger partial charge in [0.25, 0.3) is 5.24 Å². The molecule has 0 aliphatic carbocycles. The van der Waals surface area contributed by atoms with Crippen LogP contribution in [0, 0.1) is 5.92 Å². The molecule has 1 saturated heterocycles. The zero-order valence-corrected chi connectivity index (χ0v) is 10.2. The number of hydrogen-bond acceptors (Lipinski definition) is 3. The topological polar surface area (TPSA) is 46.2 Å². The van der Waals surface area contributed by atoms with E-state index in [0.717, 1.165) is 36.9 Å². The Bertz CT molecular complexity index is 243. The van der Waals surface area contributed by atoms with E-state index in [1.54, 1.807) is 0 Å². The summed E-state index contributed by atoms with van der Waals surface area (Å²) < 4.78 is 0. The standard InChI is InChI=1S/C11H19NO2S/c1-3-5-8(2)6-4-7-9-10(13)12-11(14)15-9/h8-9H,3-7H2,1-2H3,(H,12,13,14). The van der Waals surface area contributed by atoms with Gasteiger partial charge in [0.2, 0.25) is 5.91 Å². The van der Waals surface area contributed by atoms with Crippen molar-refractivity contribution in [3.05, 3.63) is 0 Å². The molecule has 0 aromatic heterocycles. The van der Waals surface area contributed by atoms with Crippen molar-refractivity contribution >= 4 is 22.9 Å². The summed E-state index contributed by atoms with van der Waals surface area (Å²) in [4.78, 5) is 22.1. The van der Waals surface area contributed by atoms with Crippen LogP contribution in [0.2, 0.25) is 0 Å². The van der Waals surface area contributed by atoms with Crippen molar-refractivity contribution in [3.8, 4) is 0 Å². The van der Waals surface area contributed by atoms with Gasteiger partial charge in [-0.2, -0.15) is 0 Å². The minimum Gasteiger partial charge on any atom is -0.286 e.